The molecule has 1 unspecified atom stereocenters. The van der Waals surface area contributed by atoms with Gasteiger partial charge in [0.2, 0.25) is 0 Å². The zero-order valence-electron chi connectivity index (χ0n) is 15.8. The van der Waals surface area contributed by atoms with E-state index in [-0.39, 0.29) is 6.54 Å². The van der Waals surface area contributed by atoms with Gasteiger partial charge in [-0.1, -0.05) is 24.3 Å². The van der Waals surface area contributed by atoms with E-state index >= 15 is 0 Å². The number of hydrogen-bond acceptors (Lipinski definition) is 4. The molecule has 0 amide bonds. The van der Waals surface area contributed by atoms with Crippen LogP contribution in [-0.4, -0.2) is 48.6 Å². The molecule has 4 rings (SSSR count). The van der Waals surface area contributed by atoms with E-state index in [0.717, 1.165) is 44.7 Å². The first-order valence-electron chi connectivity index (χ1n) is 9.68. The van der Waals surface area contributed by atoms with Crippen molar-refractivity contribution in [1.29, 1.82) is 0 Å². The number of aromatic nitrogens is 4. The van der Waals surface area contributed by atoms with E-state index in [2.05, 4.69) is 39.4 Å². The Morgan fingerprint density at radius 3 is 2.57 bits per heavy atom. The van der Waals surface area contributed by atoms with E-state index < -0.39 is 5.97 Å². The molecule has 1 aliphatic heterocycles. The minimum atomic E-state index is -0.865. The van der Waals surface area contributed by atoms with Gasteiger partial charge in [-0.25, -0.2) is 0 Å². The number of carbonyl (C=O) groups is 1. The third kappa shape index (κ3) is 4.67. The van der Waals surface area contributed by atoms with E-state index in [9.17, 15) is 4.79 Å². The summed E-state index contributed by atoms with van der Waals surface area (Å²) in [4.78, 5) is 13.3. The number of rotatable bonds is 7. The van der Waals surface area contributed by atoms with E-state index in [4.69, 9.17) is 5.11 Å². The fourth-order valence-electron chi connectivity index (χ4n) is 3.85. The summed E-state index contributed by atoms with van der Waals surface area (Å²) in [5.74, 6) is -0.501. The average molecular weight is 379 g/mol. The number of aliphatic carboxylic acids is 1. The van der Waals surface area contributed by atoms with Crippen LogP contribution in [0.4, 0.5) is 0 Å². The molecular formula is C21H25N5O2. The van der Waals surface area contributed by atoms with Gasteiger partial charge >= 0.3 is 5.97 Å². The normalized spacial score (nSPS) is 17.6. The Morgan fingerprint density at radius 1 is 1.07 bits per heavy atom. The van der Waals surface area contributed by atoms with Crippen molar-refractivity contribution in [2.45, 2.75) is 38.4 Å². The first-order chi connectivity index (χ1) is 13.7. The van der Waals surface area contributed by atoms with Crippen molar-refractivity contribution in [2.24, 2.45) is 0 Å². The lowest BCUT2D eigenvalue weighted by Gasteiger charge is -2.32. The van der Waals surface area contributed by atoms with Crippen LogP contribution in [0, 0.1) is 0 Å². The smallest absolute Gasteiger partial charge is 0.325 e. The molecule has 3 aromatic rings. The molecule has 28 heavy (non-hydrogen) atoms. The third-order valence-electron chi connectivity index (χ3n) is 5.22. The van der Waals surface area contributed by atoms with Gasteiger partial charge in [-0.15, -0.1) is 0 Å². The Morgan fingerprint density at radius 2 is 1.86 bits per heavy atom. The van der Waals surface area contributed by atoms with E-state index in [1.54, 1.807) is 12.4 Å². The fourth-order valence-corrected chi connectivity index (χ4v) is 3.85. The quantitative estimate of drug-likeness (QED) is 0.683. The van der Waals surface area contributed by atoms with Crippen molar-refractivity contribution < 1.29 is 9.90 Å². The molecular weight excluding hydrogens is 354 g/mol. The minimum absolute atomic E-state index is 0.0820. The fraction of sp³-hybridized carbons (Fsp3) is 0.381. The predicted molar refractivity (Wildman–Crippen MR) is 105 cm³/mol. The maximum absolute atomic E-state index is 10.8. The molecule has 7 heteroatoms. The molecule has 0 spiro atoms. The van der Waals surface area contributed by atoms with Gasteiger partial charge in [0.1, 0.15) is 6.54 Å². The van der Waals surface area contributed by atoms with Gasteiger partial charge in [0.25, 0.3) is 0 Å². The lowest BCUT2D eigenvalue weighted by atomic mass is 9.94. The van der Waals surface area contributed by atoms with Crippen LogP contribution in [0.3, 0.4) is 0 Å². The van der Waals surface area contributed by atoms with Gasteiger partial charge in [0.15, 0.2) is 0 Å². The molecule has 1 fully saturated rings. The van der Waals surface area contributed by atoms with Crippen LogP contribution < -0.4 is 0 Å². The van der Waals surface area contributed by atoms with Crippen molar-refractivity contribution in [3.05, 3.63) is 71.8 Å². The van der Waals surface area contributed by atoms with Crippen molar-refractivity contribution in [2.75, 3.05) is 13.1 Å². The molecule has 1 aliphatic rings. The molecule has 1 saturated heterocycles. The second-order valence-corrected chi connectivity index (χ2v) is 7.43. The maximum atomic E-state index is 10.8. The largest absolute Gasteiger partial charge is 0.480 e. The molecule has 1 atom stereocenters. The maximum Gasteiger partial charge on any atom is 0.325 e. The lowest BCUT2D eigenvalue weighted by molar-refractivity contribution is -0.137. The highest BCUT2D eigenvalue weighted by molar-refractivity contribution is 5.66. The van der Waals surface area contributed by atoms with Gasteiger partial charge in [-0.3, -0.25) is 19.1 Å². The highest BCUT2D eigenvalue weighted by Crippen LogP contribution is 2.26. The summed E-state index contributed by atoms with van der Waals surface area (Å²) in [6, 6.07) is 12.6. The summed E-state index contributed by atoms with van der Waals surface area (Å²) >= 11 is 0. The van der Waals surface area contributed by atoms with Gasteiger partial charge in [0.05, 0.1) is 12.2 Å². The van der Waals surface area contributed by atoms with E-state index in [1.165, 1.54) is 15.8 Å². The number of carboxylic acid groups (broad SMARTS) is 1. The Balaban J connectivity index is 1.34. The summed E-state index contributed by atoms with van der Waals surface area (Å²) in [7, 11) is 0. The zero-order valence-corrected chi connectivity index (χ0v) is 15.8. The molecule has 7 nitrogen and oxygen atoms in total. The van der Waals surface area contributed by atoms with Crippen LogP contribution >= 0.6 is 0 Å². The van der Waals surface area contributed by atoms with Gasteiger partial charge in [-0.2, -0.15) is 10.2 Å². The predicted octanol–water partition coefficient (Wildman–Crippen LogP) is 2.59. The Bertz CT molecular complexity index is 901. The summed E-state index contributed by atoms with van der Waals surface area (Å²) < 4.78 is 3.43. The Labute approximate surface area is 164 Å². The number of carboxylic acids is 1. The number of benzene rings is 1. The molecule has 0 aliphatic carbocycles. The minimum Gasteiger partial charge on any atom is -0.480 e. The summed E-state index contributed by atoms with van der Waals surface area (Å²) in [6.45, 7) is 3.67. The monoisotopic (exact) mass is 379 g/mol. The van der Waals surface area contributed by atoms with Crippen LogP contribution in [0.2, 0.25) is 0 Å². The van der Waals surface area contributed by atoms with Gasteiger partial charge < -0.3 is 5.11 Å². The first-order valence-corrected chi connectivity index (χ1v) is 9.68. The van der Waals surface area contributed by atoms with E-state index in [0.29, 0.717) is 5.92 Å². The van der Waals surface area contributed by atoms with Crippen molar-refractivity contribution in [3.8, 4) is 0 Å². The standard InChI is InChI=1S/C21H25N5O2/c27-21(28)16-26-12-8-20(23-26)19-3-1-10-24(15-19)13-17-4-6-18(7-5-17)14-25-11-2-9-22-25/h2,4-9,11-12,19H,1,3,10,13-16H2,(H,27,28). The summed E-state index contributed by atoms with van der Waals surface area (Å²) in [5, 5.41) is 17.6. The topological polar surface area (TPSA) is 76.2 Å². The number of piperidine rings is 1. The highest BCUT2D eigenvalue weighted by atomic mass is 16.4. The second kappa shape index (κ2) is 8.39. The molecule has 1 N–H and O–H groups in total. The van der Waals surface area contributed by atoms with E-state index in [1.807, 2.05) is 23.0 Å². The average Bonchev–Trinajstić information content (AvgIpc) is 3.35. The summed E-state index contributed by atoms with van der Waals surface area (Å²) in [5.41, 5.74) is 3.55. The van der Waals surface area contributed by atoms with Crippen LogP contribution in [0.1, 0.15) is 35.6 Å². The third-order valence-corrected chi connectivity index (χ3v) is 5.22. The zero-order chi connectivity index (χ0) is 19.3. The Kier molecular flexibility index (Phi) is 5.53. The molecule has 146 valence electrons. The molecule has 2 aromatic heterocycles. The molecule has 0 radical (unpaired) electrons. The second-order valence-electron chi connectivity index (χ2n) is 7.43. The molecule has 0 saturated carbocycles. The van der Waals surface area contributed by atoms with Crippen LogP contribution in [0.15, 0.2) is 55.0 Å². The van der Waals surface area contributed by atoms with Crippen LogP contribution in [-0.2, 0) is 24.4 Å². The number of hydrogen-bond donors (Lipinski definition) is 1. The Hall–Kier alpha value is -2.93. The lowest BCUT2D eigenvalue weighted by Crippen LogP contribution is -2.34. The highest BCUT2D eigenvalue weighted by Gasteiger charge is 2.23. The van der Waals surface area contributed by atoms with Crippen molar-refractivity contribution >= 4 is 5.97 Å². The van der Waals surface area contributed by atoms with Gasteiger partial charge in [-0.05, 0) is 42.6 Å². The molecule has 1 aromatic carbocycles. The van der Waals surface area contributed by atoms with Crippen LogP contribution in [0.5, 0.6) is 0 Å². The van der Waals surface area contributed by atoms with Gasteiger partial charge in [0, 0.05) is 37.6 Å². The number of nitrogens with zero attached hydrogens (tertiary/aromatic N) is 5. The number of likely N-dealkylation sites (tertiary alicyclic amines) is 1. The van der Waals surface area contributed by atoms with Crippen molar-refractivity contribution in [3.63, 3.8) is 0 Å². The summed E-state index contributed by atoms with van der Waals surface area (Å²) in [6.07, 6.45) is 7.77. The SMILES string of the molecule is O=C(O)Cn1ccc(C2CCCN(Cc3ccc(Cn4cccn4)cc3)C2)n1. The molecule has 0 bridgehead atoms. The van der Waals surface area contributed by atoms with Crippen LogP contribution in [0.25, 0.3) is 0 Å². The first kappa shape index (κ1) is 18.4. The molecule has 3 heterocycles. The van der Waals surface area contributed by atoms with Crippen molar-refractivity contribution in [1.82, 2.24) is 24.5 Å².